The molecule has 0 spiro atoms. The lowest BCUT2D eigenvalue weighted by atomic mass is 9.89. The molecule has 1 fully saturated rings. The molecule has 0 amide bonds. The molecule has 1 aliphatic heterocycles. The molecular weight excluding hydrogens is 236 g/mol. The van der Waals surface area contributed by atoms with Gasteiger partial charge in [0.2, 0.25) is 0 Å². The van der Waals surface area contributed by atoms with Crippen LogP contribution in [0.15, 0.2) is 24.5 Å². The number of fused-ring (bicyclic) bond motifs is 1. The van der Waals surface area contributed by atoms with E-state index in [-0.39, 0.29) is 5.54 Å². The van der Waals surface area contributed by atoms with Gasteiger partial charge < -0.3 is 15.6 Å². The van der Waals surface area contributed by atoms with E-state index in [2.05, 4.69) is 52.6 Å². The Morgan fingerprint density at radius 1 is 1.42 bits per heavy atom. The molecule has 1 aromatic heterocycles. The molecule has 102 valence electrons. The molecule has 1 aliphatic rings. The third-order valence-electron chi connectivity index (χ3n) is 3.93. The van der Waals surface area contributed by atoms with Crippen LogP contribution in [0.4, 0.5) is 0 Å². The van der Waals surface area contributed by atoms with Crippen LogP contribution in [0.5, 0.6) is 0 Å². The Hall–Kier alpha value is -1.39. The maximum absolute atomic E-state index is 4.24. The van der Waals surface area contributed by atoms with Crippen molar-refractivity contribution < 1.29 is 0 Å². The van der Waals surface area contributed by atoms with Crippen molar-refractivity contribution in [1.29, 1.82) is 0 Å². The Morgan fingerprint density at radius 2 is 2.32 bits per heavy atom. The number of benzene rings is 1. The number of H-pyrrole nitrogens is 1. The van der Waals surface area contributed by atoms with Gasteiger partial charge in [0.15, 0.2) is 0 Å². The van der Waals surface area contributed by atoms with Crippen molar-refractivity contribution in [2.75, 3.05) is 6.54 Å². The summed E-state index contributed by atoms with van der Waals surface area (Å²) >= 11 is 0. The third-order valence-corrected chi connectivity index (χ3v) is 3.93. The van der Waals surface area contributed by atoms with E-state index in [1.165, 1.54) is 18.4 Å². The molecule has 19 heavy (non-hydrogen) atoms. The molecule has 2 aromatic rings. The predicted octanol–water partition coefficient (Wildman–Crippen LogP) is 2.18. The van der Waals surface area contributed by atoms with Gasteiger partial charge in [0.1, 0.15) is 0 Å². The highest BCUT2D eigenvalue weighted by atomic mass is 15.0. The standard InChI is InChI=1S/C15H22N4/c1-15(2)8-12(5-6-19-15)16-9-11-3-4-13-14(7-11)18-10-17-13/h3-4,7,10,12,16,19H,5-6,8-9H2,1-2H3,(H,17,18). The Kier molecular flexibility index (Phi) is 3.29. The van der Waals surface area contributed by atoms with Gasteiger partial charge in [0.25, 0.3) is 0 Å². The normalized spacial score (nSPS) is 22.7. The van der Waals surface area contributed by atoms with Crippen LogP contribution in [0.2, 0.25) is 0 Å². The number of hydrogen-bond donors (Lipinski definition) is 3. The summed E-state index contributed by atoms with van der Waals surface area (Å²) in [5.41, 5.74) is 3.72. The van der Waals surface area contributed by atoms with Crippen molar-refractivity contribution in [3.8, 4) is 0 Å². The van der Waals surface area contributed by atoms with Gasteiger partial charge >= 0.3 is 0 Å². The minimum Gasteiger partial charge on any atom is -0.345 e. The van der Waals surface area contributed by atoms with E-state index >= 15 is 0 Å². The van der Waals surface area contributed by atoms with Crippen molar-refractivity contribution in [2.24, 2.45) is 0 Å². The number of rotatable bonds is 3. The first-order chi connectivity index (χ1) is 9.12. The quantitative estimate of drug-likeness (QED) is 0.791. The molecule has 1 aromatic carbocycles. The highest BCUT2D eigenvalue weighted by molar-refractivity contribution is 5.74. The summed E-state index contributed by atoms with van der Waals surface area (Å²) in [6.07, 6.45) is 4.13. The van der Waals surface area contributed by atoms with Crippen molar-refractivity contribution >= 4 is 11.0 Å². The highest BCUT2D eigenvalue weighted by Crippen LogP contribution is 2.19. The summed E-state index contributed by atoms with van der Waals surface area (Å²) in [6.45, 7) is 6.58. The Balaban J connectivity index is 1.62. The molecule has 3 N–H and O–H groups in total. The Labute approximate surface area is 114 Å². The topological polar surface area (TPSA) is 52.7 Å². The Morgan fingerprint density at radius 3 is 3.16 bits per heavy atom. The van der Waals surface area contributed by atoms with Gasteiger partial charge in [-0.1, -0.05) is 6.07 Å². The second kappa shape index (κ2) is 4.94. The Bertz CT molecular complexity index is 558. The van der Waals surface area contributed by atoms with E-state index in [0.717, 1.165) is 24.1 Å². The van der Waals surface area contributed by atoms with Gasteiger partial charge in [-0.2, -0.15) is 0 Å². The third kappa shape index (κ3) is 2.96. The monoisotopic (exact) mass is 258 g/mol. The first-order valence-corrected chi connectivity index (χ1v) is 7.03. The van der Waals surface area contributed by atoms with Crippen LogP contribution < -0.4 is 10.6 Å². The van der Waals surface area contributed by atoms with Gasteiger partial charge in [0.05, 0.1) is 17.4 Å². The fourth-order valence-electron chi connectivity index (χ4n) is 2.90. The lowest BCUT2D eigenvalue weighted by molar-refractivity contribution is 0.247. The van der Waals surface area contributed by atoms with E-state index < -0.39 is 0 Å². The molecule has 1 atom stereocenters. The van der Waals surface area contributed by atoms with Gasteiger partial charge in [-0.25, -0.2) is 4.98 Å². The van der Waals surface area contributed by atoms with Crippen LogP contribution in [-0.2, 0) is 6.54 Å². The number of hydrogen-bond acceptors (Lipinski definition) is 3. The van der Waals surface area contributed by atoms with Gasteiger partial charge in [-0.3, -0.25) is 0 Å². The lowest BCUT2D eigenvalue weighted by Gasteiger charge is -2.37. The number of aromatic amines is 1. The number of nitrogens with zero attached hydrogens (tertiary/aromatic N) is 1. The summed E-state index contributed by atoms with van der Waals surface area (Å²) < 4.78 is 0. The zero-order chi connectivity index (χ0) is 13.3. The molecule has 3 rings (SSSR count). The average molecular weight is 258 g/mol. The largest absolute Gasteiger partial charge is 0.345 e. The fourth-order valence-corrected chi connectivity index (χ4v) is 2.90. The molecule has 1 unspecified atom stereocenters. The van der Waals surface area contributed by atoms with Crippen LogP contribution in [0.3, 0.4) is 0 Å². The molecule has 0 aliphatic carbocycles. The van der Waals surface area contributed by atoms with E-state index in [9.17, 15) is 0 Å². The lowest BCUT2D eigenvalue weighted by Crippen LogP contribution is -2.51. The molecular formula is C15H22N4. The smallest absolute Gasteiger partial charge is 0.0931 e. The summed E-state index contributed by atoms with van der Waals surface area (Å²) in [5, 5.41) is 7.23. The molecule has 2 heterocycles. The van der Waals surface area contributed by atoms with Gasteiger partial charge in [0, 0.05) is 18.1 Å². The number of nitrogens with one attached hydrogen (secondary N) is 3. The van der Waals surface area contributed by atoms with Crippen molar-refractivity contribution in [1.82, 2.24) is 20.6 Å². The molecule has 0 radical (unpaired) electrons. The summed E-state index contributed by atoms with van der Waals surface area (Å²) in [5.74, 6) is 0. The highest BCUT2D eigenvalue weighted by Gasteiger charge is 2.26. The minimum atomic E-state index is 0.253. The first kappa shape index (κ1) is 12.6. The number of imidazole rings is 1. The summed E-state index contributed by atoms with van der Waals surface area (Å²) in [7, 11) is 0. The van der Waals surface area contributed by atoms with Crippen molar-refractivity contribution in [2.45, 2.75) is 44.8 Å². The summed E-state index contributed by atoms with van der Waals surface area (Å²) in [4.78, 5) is 7.41. The zero-order valence-electron chi connectivity index (χ0n) is 11.7. The van der Waals surface area contributed by atoms with Crippen LogP contribution >= 0.6 is 0 Å². The van der Waals surface area contributed by atoms with Gasteiger partial charge in [-0.05, 0) is 50.9 Å². The maximum Gasteiger partial charge on any atom is 0.0931 e. The van der Waals surface area contributed by atoms with E-state index in [1.54, 1.807) is 6.33 Å². The first-order valence-electron chi connectivity index (χ1n) is 7.03. The SMILES string of the molecule is CC1(C)CC(NCc2ccc3nc[nH]c3c2)CCN1. The van der Waals surface area contributed by atoms with E-state index in [1.807, 2.05) is 0 Å². The number of aromatic nitrogens is 2. The van der Waals surface area contributed by atoms with E-state index in [4.69, 9.17) is 0 Å². The van der Waals surface area contributed by atoms with Crippen LogP contribution in [0.25, 0.3) is 11.0 Å². The molecule has 1 saturated heterocycles. The van der Waals surface area contributed by atoms with Crippen LogP contribution in [-0.4, -0.2) is 28.1 Å². The van der Waals surface area contributed by atoms with Crippen molar-refractivity contribution in [3.05, 3.63) is 30.1 Å². The van der Waals surface area contributed by atoms with Crippen molar-refractivity contribution in [3.63, 3.8) is 0 Å². The second-order valence-electron chi connectivity index (χ2n) is 6.14. The molecule has 0 bridgehead atoms. The average Bonchev–Trinajstić information content (AvgIpc) is 2.82. The fraction of sp³-hybridized carbons (Fsp3) is 0.533. The van der Waals surface area contributed by atoms with Crippen LogP contribution in [0, 0.1) is 0 Å². The summed E-state index contributed by atoms with van der Waals surface area (Å²) in [6, 6.07) is 7.02. The maximum atomic E-state index is 4.24. The predicted molar refractivity (Wildman–Crippen MR) is 78.0 cm³/mol. The van der Waals surface area contributed by atoms with E-state index in [0.29, 0.717) is 6.04 Å². The van der Waals surface area contributed by atoms with Crippen LogP contribution in [0.1, 0.15) is 32.3 Å². The second-order valence-corrected chi connectivity index (χ2v) is 6.14. The molecule has 0 saturated carbocycles. The number of piperidine rings is 1. The molecule has 4 nitrogen and oxygen atoms in total. The minimum absolute atomic E-state index is 0.253. The zero-order valence-corrected chi connectivity index (χ0v) is 11.7. The molecule has 4 heteroatoms. The van der Waals surface area contributed by atoms with Gasteiger partial charge in [-0.15, -0.1) is 0 Å².